The topological polar surface area (TPSA) is 71.2 Å². The third kappa shape index (κ3) is 4.81. The van der Waals surface area contributed by atoms with E-state index in [1.807, 2.05) is 0 Å². The number of pyridine rings is 1. The first-order valence-corrected chi connectivity index (χ1v) is 7.65. The SMILES string of the molecule is Cl.Cl.NCC1CCN(C(=O)c2cccnc2Nc2ccccc2F)C1. The first-order chi connectivity index (χ1) is 11.2. The van der Waals surface area contributed by atoms with Crippen LogP contribution in [0.3, 0.4) is 0 Å². The minimum absolute atomic E-state index is 0. The number of carbonyl (C=O) groups is 1. The average molecular weight is 387 g/mol. The largest absolute Gasteiger partial charge is 0.338 e. The Hall–Kier alpha value is -1.89. The number of nitrogens with zero attached hydrogens (tertiary/aromatic N) is 2. The molecule has 0 bridgehead atoms. The Morgan fingerprint density at radius 3 is 2.72 bits per heavy atom. The van der Waals surface area contributed by atoms with Gasteiger partial charge in [-0.15, -0.1) is 24.8 Å². The van der Waals surface area contributed by atoms with Crippen molar-refractivity contribution in [3.05, 3.63) is 54.0 Å². The molecule has 0 radical (unpaired) electrons. The molecule has 1 aliphatic heterocycles. The first-order valence-electron chi connectivity index (χ1n) is 7.65. The van der Waals surface area contributed by atoms with E-state index in [1.54, 1.807) is 41.4 Å². The Kier molecular flexibility index (Phi) is 8.09. The zero-order valence-corrected chi connectivity index (χ0v) is 15.2. The summed E-state index contributed by atoms with van der Waals surface area (Å²) >= 11 is 0. The van der Waals surface area contributed by atoms with Gasteiger partial charge >= 0.3 is 0 Å². The molecule has 2 heterocycles. The number of nitrogens with one attached hydrogen (secondary N) is 1. The zero-order chi connectivity index (χ0) is 16.2. The molecule has 0 aliphatic carbocycles. The van der Waals surface area contributed by atoms with Crippen molar-refractivity contribution in [2.45, 2.75) is 6.42 Å². The van der Waals surface area contributed by atoms with Gasteiger partial charge in [0.2, 0.25) is 0 Å². The summed E-state index contributed by atoms with van der Waals surface area (Å²) in [4.78, 5) is 18.7. The van der Waals surface area contributed by atoms with Gasteiger partial charge in [0.05, 0.1) is 11.3 Å². The summed E-state index contributed by atoms with van der Waals surface area (Å²) in [5, 5.41) is 2.91. The van der Waals surface area contributed by atoms with Gasteiger partial charge in [0.25, 0.3) is 5.91 Å². The minimum Gasteiger partial charge on any atom is -0.338 e. The number of hydrogen-bond donors (Lipinski definition) is 2. The van der Waals surface area contributed by atoms with Crippen LogP contribution >= 0.6 is 24.8 Å². The Morgan fingerprint density at radius 1 is 1.28 bits per heavy atom. The number of halogens is 3. The molecule has 25 heavy (non-hydrogen) atoms. The van der Waals surface area contributed by atoms with Gasteiger partial charge in [0.15, 0.2) is 0 Å². The van der Waals surface area contributed by atoms with E-state index in [2.05, 4.69) is 10.3 Å². The summed E-state index contributed by atoms with van der Waals surface area (Å²) in [5.41, 5.74) is 6.41. The first kappa shape index (κ1) is 21.2. The van der Waals surface area contributed by atoms with E-state index in [9.17, 15) is 9.18 Å². The molecule has 136 valence electrons. The highest BCUT2D eigenvalue weighted by Crippen LogP contribution is 2.24. The van der Waals surface area contributed by atoms with Crippen molar-refractivity contribution in [2.24, 2.45) is 11.7 Å². The van der Waals surface area contributed by atoms with Crippen LogP contribution in [0.4, 0.5) is 15.9 Å². The summed E-state index contributed by atoms with van der Waals surface area (Å²) in [7, 11) is 0. The monoisotopic (exact) mass is 386 g/mol. The lowest BCUT2D eigenvalue weighted by atomic mass is 10.1. The lowest BCUT2D eigenvalue weighted by molar-refractivity contribution is 0.0788. The Morgan fingerprint density at radius 2 is 2.04 bits per heavy atom. The Balaban J connectivity index is 0.00000156. The van der Waals surface area contributed by atoms with Crippen molar-refractivity contribution in [1.29, 1.82) is 0 Å². The van der Waals surface area contributed by atoms with Crippen molar-refractivity contribution in [2.75, 3.05) is 25.0 Å². The molecule has 1 amide bonds. The fraction of sp³-hybridized carbons (Fsp3) is 0.294. The zero-order valence-electron chi connectivity index (χ0n) is 13.5. The van der Waals surface area contributed by atoms with E-state index < -0.39 is 0 Å². The molecule has 1 aliphatic rings. The molecule has 3 rings (SSSR count). The smallest absolute Gasteiger partial charge is 0.257 e. The van der Waals surface area contributed by atoms with Crippen molar-refractivity contribution < 1.29 is 9.18 Å². The number of hydrogen-bond acceptors (Lipinski definition) is 4. The van der Waals surface area contributed by atoms with Crippen LogP contribution in [-0.2, 0) is 0 Å². The van der Waals surface area contributed by atoms with Gasteiger partial charge in [-0.05, 0) is 43.1 Å². The highest BCUT2D eigenvalue weighted by Gasteiger charge is 2.27. The number of likely N-dealkylation sites (tertiary alicyclic amines) is 1. The summed E-state index contributed by atoms with van der Waals surface area (Å²) < 4.78 is 13.8. The van der Waals surface area contributed by atoms with E-state index in [1.165, 1.54) is 6.07 Å². The van der Waals surface area contributed by atoms with Crippen molar-refractivity contribution in [3.63, 3.8) is 0 Å². The summed E-state index contributed by atoms with van der Waals surface area (Å²) in [6.07, 6.45) is 2.49. The third-order valence-electron chi connectivity index (χ3n) is 4.07. The standard InChI is InChI=1S/C17H19FN4O.2ClH/c18-14-5-1-2-6-15(14)21-16-13(4-3-8-20-16)17(23)22-9-7-12(10-19)11-22;;/h1-6,8,12H,7,9-11,19H2,(H,20,21);2*1H. The van der Waals surface area contributed by atoms with Crippen LogP contribution in [0.5, 0.6) is 0 Å². The molecule has 1 unspecified atom stereocenters. The Bertz CT molecular complexity index is 717. The fourth-order valence-electron chi connectivity index (χ4n) is 2.75. The number of nitrogens with two attached hydrogens (primary N) is 1. The Labute approximate surface area is 158 Å². The average Bonchev–Trinajstić information content (AvgIpc) is 3.06. The van der Waals surface area contributed by atoms with Crippen LogP contribution in [0.2, 0.25) is 0 Å². The minimum atomic E-state index is -0.388. The predicted molar refractivity (Wildman–Crippen MR) is 101 cm³/mol. The third-order valence-corrected chi connectivity index (χ3v) is 4.07. The summed E-state index contributed by atoms with van der Waals surface area (Å²) in [6, 6.07) is 9.71. The number of benzene rings is 1. The molecule has 1 atom stereocenters. The molecule has 8 heteroatoms. The molecule has 1 fully saturated rings. The molecule has 5 nitrogen and oxygen atoms in total. The van der Waals surface area contributed by atoms with Gasteiger partial charge in [0.1, 0.15) is 11.6 Å². The van der Waals surface area contributed by atoms with Gasteiger partial charge in [-0.2, -0.15) is 0 Å². The fourth-order valence-corrected chi connectivity index (χ4v) is 2.75. The van der Waals surface area contributed by atoms with Crippen molar-refractivity contribution in [3.8, 4) is 0 Å². The lowest BCUT2D eigenvalue weighted by Gasteiger charge is -2.18. The van der Waals surface area contributed by atoms with Gasteiger partial charge in [-0.1, -0.05) is 12.1 Å². The van der Waals surface area contributed by atoms with Crippen LogP contribution in [0, 0.1) is 11.7 Å². The highest BCUT2D eigenvalue weighted by atomic mass is 35.5. The maximum absolute atomic E-state index is 13.8. The van der Waals surface area contributed by atoms with Gasteiger partial charge in [-0.25, -0.2) is 9.37 Å². The normalized spacial score (nSPS) is 15.9. The molecule has 1 aromatic carbocycles. The number of anilines is 2. The molecular weight excluding hydrogens is 366 g/mol. The van der Waals surface area contributed by atoms with Gasteiger partial charge in [-0.3, -0.25) is 4.79 Å². The molecule has 1 aromatic heterocycles. The van der Waals surface area contributed by atoms with E-state index in [-0.39, 0.29) is 36.5 Å². The highest BCUT2D eigenvalue weighted by molar-refractivity contribution is 5.99. The number of para-hydroxylation sites is 1. The second kappa shape index (κ2) is 9.56. The van der Waals surface area contributed by atoms with E-state index in [0.717, 1.165) is 6.42 Å². The molecule has 3 N–H and O–H groups in total. The molecular formula is C17H21Cl2FN4O. The number of aromatic nitrogens is 1. The number of rotatable bonds is 4. The van der Waals surface area contributed by atoms with Gasteiger partial charge < -0.3 is 16.0 Å². The maximum Gasteiger partial charge on any atom is 0.257 e. The second-order valence-electron chi connectivity index (χ2n) is 5.65. The van der Waals surface area contributed by atoms with E-state index in [0.29, 0.717) is 42.6 Å². The van der Waals surface area contributed by atoms with Crippen LogP contribution in [-0.4, -0.2) is 35.4 Å². The molecule has 1 saturated heterocycles. The van der Waals surface area contributed by atoms with Crippen LogP contribution in [0.15, 0.2) is 42.6 Å². The lowest BCUT2D eigenvalue weighted by Crippen LogP contribution is -2.30. The number of amides is 1. The van der Waals surface area contributed by atoms with Crippen LogP contribution in [0.1, 0.15) is 16.8 Å². The number of carbonyl (C=O) groups excluding carboxylic acids is 1. The maximum atomic E-state index is 13.8. The second-order valence-corrected chi connectivity index (χ2v) is 5.65. The van der Waals surface area contributed by atoms with Crippen molar-refractivity contribution >= 4 is 42.2 Å². The quantitative estimate of drug-likeness (QED) is 0.845. The van der Waals surface area contributed by atoms with E-state index in [4.69, 9.17) is 5.73 Å². The molecule has 0 spiro atoms. The van der Waals surface area contributed by atoms with Gasteiger partial charge in [0, 0.05) is 19.3 Å². The molecule has 2 aromatic rings. The van der Waals surface area contributed by atoms with Crippen LogP contribution < -0.4 is 11.1 Å². The summed E-state index contributed by atoms with van der Waals surface area (Å²) in [6.45, 7) is 1.93. The molecule has 0 saturated carbocycles. The van der Waals surface area contributed by atoms with Crippen molar-refractivity contribution in [1.82, 2.24) is 9.88 Å². The predicted octanol–water partition coefficient (Wildman–Crippen LogP) is 3.23. The van der Waals surface area contributed by atoms with Crippen LogP contribution in [0.25, 0.3) is 0 Å². The van der Waals surface area contributed by atoms with E-state index >= 15 is 0 Å². The summed E-state index contributed by atoms with van der Waals surface area (Å²) in [5.74, 6) is 0.214.